The van der Waals surface area contributed by atoms with Crippen LogP contribution in [0.5, 0.6) is 0 Å². The van der Waals surface area contributed by atoms with Gasteiger partial charge in [-0.3, -0.25) is 9.59 Å². The molecular formula is C13H25N3O2. The second-order valence-corrected chi connectivity index (χ2v) is 4.87. The predicted octanol–water partition coefficient (Wildman–Crippen LogP) is 0.455. The van der Waals surface area contributed by atoms with Crippen LogP contribution in [0.15, 0.2) is 0 Å². The summed E-state index contributed by atoms with van der Waals surface area (Å²) in [5.41, 5.74) is 0. The van der Waals surface area contributed by atoms with Gasteiger partial charge in [-0.2, -0.15) is 0 Å². The largest absolute Gasteiger partial charge is 0.353 e. The number of rotatable bonds is 5. The Kier molecular flexibility index (Phi) is 6.12. The van der Waals surface area contributed by atoms with Crippen molar-refractivity contribution in [1.29, 1.82) is 0 Å². The fourth-order valence-corrected chi connectivity index (χ4v) is 1.99. The van der Waals surface area contributed by atoms with Crippen LogP contribution in [0.1, 0.15) is 33.6 Å². The van der Waals surface area contributed by atoms with Gasteiger partial charge in [0.05, 0.1) is 0 Å². The molecule has 0 aromatic carbocycles. The minimum atomic E-state index is -0.160. The molecule has 1 atom stereocenters. The summed E-state index contributed by atoms with van der Waals surface area (Å²) < 4.78 is 0. The lowest BCUT2D eigenvalue weighted by Crippen LogP contribution is -2.49. The van der Waals surface area contributed by atoms with Gasteiger partial charge in [-0.15, -0.1) is 0 Å². The number of amides is 2. The number of hydrogen-bond donors (Lipinski definition) is 1. The zero-order chi connectivity index (χ0) is 13.5. The topological polar surface area (TPSA) is 52.7 Å². The first-order chi connectivity index (χ1) is 8.56. The van der Waals surface area contributed by atoms with E-state index in [4.69, 9.17) is 0 Å². The zero-order valence-electron chi connectivity index (χ0n) is 11.7. The molecule has 2 amide bonds. The third-order valence-electron chi connectivity index (χ3n) is 3.50. The van der Waals surface area contributed by atoms with Gasteiger partial charge in [0, 0.05) is 32.2 Å². The molecule has 1 saturated heterocycles. The van der Waals surface area contributed by atoms with E-state index in [1.807, 2.05) is 13.8 Å². The molecule has 1 aliphatic rings. The van der Waals surface area contributed by atoms with E-state index in [1.54, 1.807) is 4.90 Å². The van der Waals surface area contributed by atoms with E-state index in [0.29, 0.717) is 0 Å². The summed E-state index contributed by atoms with van der Waals surface area (Å²) in [5, 5.41) is 2.82. The molecule has 1 rings (SSSR count). The highest BCUT2D eigenvalue weighted by atomic mass is 16.2. The highest BCUT2D eigenvalue weighted by molar-refractivity contribution is 5.97. The van der Waals surface area contributed by atoms with Crippen molar-refractivity contribution in [3.05, 3.63) is 0 Å². The smallest absolute Gasteiger partial charge is 0.232 e. The molecule has 18 heavy (non-hydrogen) atoms. The third-order valence-corrected chi connectivity index (χ3v) is 3.50. The van der Waals surface area contributed by atoms with Crippen LogP contribution in [0.25, 0.3) is 0 Å². The Bertz CT molecular complexity index is 286. The molecule has 1 N–H and O–H groups in total. The zero-order valence-corrected chi connectivity index (χ0v) is 11.7. The first kappa shape index (κ1) is 15.0. The third kappa shape index (κ3) is 4.64. The second kappa shape index (κ2) is 7.36. The summed E-state index contributed by atoms with van der Waals surface area (Å²) >= 11 is 0. The molecule has 0 aliphatic carbocycles. The summed E-state index contributed by atoms with van der Waals surface area (Å²) in [6, 6.07) is 0.141. The lowest BCUT2D eigenvalue weighted by Gasteiger charge is -2.34. The maximum absolute atomic E-state index is 11.9. The Balaban J connectivity index is 2.31. The maximum atomic E-state index is 11.9. The Morgan fingerprint density at radius 1 is 1.17 bits per heavy atom. The Labute approximate surface area is 110 Å². The van der Waals surface area contributed by atoms with Crippen LogP contribution in [0, 0.1) is 0 Å². The number of carbonyl (C=O) groups is 2. The molecular weight excluding hydrogens is 230 g/mol. The van der Waals surface area contributed by atoms with Crippen LogP contribution in [0.2, 0.25) is 0 Å². The molecule has 0 saturated carbocycles. The van der Waals surface area contributed by atoms with Crippen molar-refractivity contribution in [1.82, 2.24) is 15.1 Å². The molecule has 1 aliphatic heterocycles. The van der Waals surface area contributed by atoms with Gasteiger partial charge in [-0.05, 0) is 19.9 Å². The van der Waals surface area contributed by atoms with E-state index in [2.05, 4.69) is 17.1 Å². The predicted molar refractivity (Wildman–Crippen MR) is 71.2 cm³/mol. The van der Waals surface area contributed by atoms with E-state index in [0.717, 1.165) is 39.1 Å². The fraction of sp³-hybridized carbons (Fsp3) is 0.846. The molecule has 104 valence electrons. The first-order valence-corrected chi connectivity index (χ1v) is 6.86. The average Bonchev–Trinajstić information content (AvgIpc) is 2.38. The van der Waals surface area contributed by atoms with Crippen LogP contribution < -0.4 is 5.32 Å². The van der Waals surface area contributed by atoms with Crippen LogP contribution in [-0.4, -0.2) is 60.4 Å². The van der Waals surface area contributed by atoms with E-state index in [9.17, 15) is 9.59 Å². The monoisotopic (exact) mass is 255 g/mol. The number of nitrogens with one attached hydrogen (secondary N) is 1. The van der Waals surface area contributed by atoms with Gasteiger partial charge in [0.15, 0.2) is 0 Å². The molecule has 0 aromatic rings. The normalized spacial score (nSPS) is 18.5. The SMILES string of the molecule is CCC(C)NC(=O)CC(=O)N1CCN(CC)CC1. The fourth-order valence-electron chi connectivity index (χ4n) is 1.99. The minimum absolute atomic E-state index is 0.0174. The van der Waals surface area contributed by atoms with Gasteiger partial charge in [0.25, 0.3) is 0 Å². The molecule has 0 radical (unpaired) electrons. The Morgan fingerprint density at radius 3 is 2.28 bits per heavy atom. The summed E-state index contributed by atoms with van der Waals surface area (Å²) in [7, 11) is 0. The van der Waals surface area contributed by atoms with Gasteiger partial charge >= 0.3 is 0 Å². The highest BCUT2D eigenvalue weighted by Crippen LogP contribution is 2.03. The molecule has 5 nitrogen and oxygen atoms in total. The number of hydrogen-bond acceptors (Lipinski definition) is 3. The number of carbonyl (C=O) groups excluding carboxylic acids is 2. The molecule has 1 heterocycles. The van der Waals surface area contributed by atoms with Crippen LogP contribution >= 0.6 is 0 Å². The summed E-state index contributed by atoms with van der Waals surface area (Å²) in [6.07, 6.45) is 0.867. The van der Waals surface area contributed by atoms with Crippen molar-refractivity contribution in [2.75, 3.05) is 32.7 Å². The molecule has 0 aromatic heterocycles. The van der Waals surface area contributed by atoms with E-state index in [1.165, 1.54) is 0 Å². The van der Waals surface area contributed by atoms with Crippen LogP contribution in [0.4, 0.5) is 0 Å². The lowest BCUT2D eigenvalue weighted by atomic mass is 10.2. The van der Waals surface area contributed by atoms with Crippen molar-refractivity contribution in [3.63, 3.8) is 0 Å². The molecule has 1 unspecified atom stereocenters. The average molecular weight is 255 g/mol. The Morgan fingerprint density at radius 2 is 1.78 bits per heavy atom. The van der Waals surface area contributed by atoms with Gasteiger partial charge < -0.3 is 15.1 Å². The van der Waals surface area contributed by atoms with Crippen molar-refractivity contribution < 1.29 is 9.59 Å². The summed E-state index contributed by atoms with van der Waals surface area (Å²) in [6.45, 7) is 10.4. The quantitative estimate of drug-likeness (QED) is 0.726. The maximum Gasteiger partial charge on any atom is 0.232 e. The minimum Gasteiger partial charge on any atom is -0.353 e. The van der Waals surface area contributed by atoms with Gasteiger partial charge in [0.2, 0.25) is 11.8 Å². The summed E-state index contributed by atoms with van der Waals surface area (Å²) in [4.78, 5) is 27.6. The van der Waals surface area contributed by atoms with E-state index >= 15 is 0 Å². The second-order valence-electron chi connectivity index (χ2n) is 4.87. The van der Waals surface area contributed by atoms with Crippen molar-refractivity contribution in [2.24, 2.45) is 0 Å². The molecule has 0 bridgehead atoms. The molecule has 1 fully saturated rings. The van der Waals surface area contributed by atoms with E-state index < -0.39 is 0 Å². The highest BCUT2D eigenvalue weighted by Gasteiger charge is 2.22. The molecule has 0 spiro atoms. The number of nitrogens with zero attached hydrogens (tertiary/aromatic N) is 2. The van der Waals surface area contributed by atoms with Crippen molar-refractivity contribution >= 4 is 11.8 Å². The molecule has 5 heteroatoms. The van der Waals surface area contributed by atoms with Crippen LogP contribution in [-0.2, 0) is 9.59 Å². The van der Waals surface area contributed by atoms with E-state index in [-0.39, 0.29) is 24.3 Å². The van der Waals surface area contributed by atoms with Gasteiger partial charge in [-0.25, -0.2) is 0 Å². The standard InChI is InChI=1S/C13H25N3O2/c1-4-11(3)14-12(17)10-13(18)16-8-6-15(5-2)7-9-16/h11H,4-10H2,1-3H3,(H,14,17). The van der Waals surface area contributed by atoms with Gasteiger partial charge in [-0.1, -0.05) is 13.8 Å². The van der Waals surface area contributed by atoms with Crippen molar-refractivity contribution in [2.45, 2.75) is 39.7 Å². The van der Waals surface area contributed by atoms with Crippen LogP contribution in [0.3, 0.4) is 0 Å². The lowest BCUT2D eigenvalue weighted by molar-refractivity contribution is -0.137. The van der Waals surface area contributed by atoms with Crippen molar-refractivity contribution in [3.8, 4) is 0 Å². The Hall–Kier alpha value is -1.10. The number of piperazine rings is 1. The first-order valence-electron chi connectivity index (χ1n) is 6.86. The van der Waals surface area contributed by atoms with Gasteiger partial charge in [0.1, 0.15) is 6.42 Å². The summed E-state index contributed by atoms with van der Waals surface area (Å²) in [5.74, 6) is -0.209. The number of likely N-dealkylation sites (N-methyl/N-ethyl adjacent to an activating group) is 1.